The minimum atomic E-state index is -0.511. The fraction of sp³-hybridized carbons (Fsp3) is 0.130. The third kappa shape index (κ3) is 5.20. The summed E-state index contributed by atoms with van der Waals surface area (Å²) in [5, 5.41) is 5.08. The van der Waals surface area contributed by atoms with Crippen LogP contribution in [0.15, 0.2) is 78.9 Å². The van der Waals surface area contributed by atoms with Gasteiger partial charge in [-0.05, 0) is 47.4 Å². The van der Waals surface area contributed by atoms with E-state index in [4.69, 9.17) is 4.74 Å². The predicted molar refractivity (Wildman–Crippen MR) is 109 cm³/mol. The van der Waals surface area contributed by atoms with Gasteiger partial charge in [-0.25, -0.2) is 4.79 Å². The molecule has 0 aromatic heterocycles. The molecule has 3 aromatic rings. The van der Waals surface area contributed by atoms with Gasteiger partial charge in [0.15, 0.2) is 0 Å². The van der Waals surface area contributed by atoms with E-state index in [2.05, 4.69) is 10.6 Å². The lowest BCUT2D eigenvalue weighted by Crippen LogP contribution is -2.40. The Kier molecular flexibility index (Phi) is 6.41. The number of imide groups is 1. The van der Waals surface area contributed by atoms with Crippen molar-refractivity contribution in [3.8, 4) is 16.9 Å². The number of benzene rings is 3. The summed E-state index contributed by atoms with van der Waals surface area (Å²) in [4.78, 5) is 24.4. The van der Waals surface area contributed by atoms with Crippen molar-refractivity contribution >= 4 is 11.9 Å². The highest BCUT2D eigenvalue weighted by molar-refractivity contribution is 6.04. The molecule has 0 aliphatic heterocycles. The van der Waals surface area contributed by atoms with Crippen molar-refractivity contribution in [1.29, 1.82) is 0 Å². The normalized spacial score (nSPS) is 10.2. The Balaban J connectivity index is 1.52. The molecule has 3 amide bonds. The van der Waals surface area contributed by atoms with Crippen molar-refractivity contribution in [3.05, 3.63) is 90.0 Å². The van der Waals surface area contributed by atoms with Crippen molar-refractivity contribution in [3.63, 3.8) is 0 Å². The number of hydrogen-bond donors (Lipinski definition) is 2. The number of carbonyl (C=O) groups excluding carboxylic acids is 2. The highest BCUT2D eigenvalue weighted by atomic mass is 16.5. The molecule has 0 saturated heterocycles. The van der Waals surface area contributed by atoms with Crippen LogP contribution in [0.3, 0.4) is 0 Å². The van der Waals surface area contributed by atoms with E-state index < -0.39 is 11.9 Å². The molecule has 0 aliphatic carbocycles. The first-order valence-electron chi connectivity index (χ1n) is 9.03. The first-order valence-corrected chi connectivity index (χ1v) is 9.03. The zero-order chi connectivity index (χ0) is 19.8. The van der Waals surface area contributed by atoms with Gasteiger partial charge in [-0.15, -0.1) is 0 Å². The molecular weight excluding hydrogens is 352 g/mol. The number of urea groups is 1. The van der Waals surface area contributed by atoms with Gasteiger partial charge in [-0.1, -0.05) is 54.6 Å². The summed E-state index contributed by atoms with van der Waals surface area (Å²) in [5.74, 6) is 0.359. The summed E-state index contributed by atoms with van der Waals surface area (Å²) in [7, 11) is 1.62. The van der Waals surface area contributed by atoms with Crippen molar-refractivity contribution in [2.45, 2.75) is 6.42 Å². The molecule has 0 spiro atoms. The van der Waals surface area contributed by atoms with Crippen LogP contribution >= 0.6 is 0 Å². The molecule has 0 bridgehead atoms. The van der Waals surface area contributed by atoms with E-state index in [0.29, 0.717) is 18.5 Å². The number of hydrogen-bond acceptors (Lipinski definition) is 3. The van der Waals surface area contributed by atoms with Crippen molar-refractivity contribution in [1.82, 2.24) is 10.6 Å². The summed E-state index contributed by atoms with van der Waals surface area (Å²) in [6.07, 6.45) is 0.662. The Bertz CT molecular complexity index is 938. The van der Waals surface area contributed by atoms with Gasteiger partial charge in [-0.2, -0.15) is 0 Å². The molecule has 0 unspecified atom stereocenters. The Morgan fingerprint density at radius 1 is 0.857 bits per heavy atom. The SMILES string of the molecule is COc1ccc(CCNC(=O)NC(=O)c2cccc(-c3ccccc3)c2)cc1. The summed E-state index contributed by atoms with van der Waals surface area (Å²) in [6, 6.07) is 24.1. The monoisotopic (exact) mass is 374 g/mol. The highest BCUT2D eigenvalue weighted by Crippen LogP contribution is 2.19. The van der Waals surface area contributed by atoms with Gasteiger partial charge < -0.3 is 10.1 Å². The molecule has 0 saturated carbocycles. The number of nitrogens with one attached hydrogen (secondary N) is 2. The van der Waals surface area contributed by atoms with Crippen LogP contribution in [0.25, 0.3) is 11.1 Å². The van der Waals surface area contributed by atoms with Gasteiger partial charge in [0, 0.05) is 12.1 Å². The van der Waals surface area contributed by atoms with Crippen LogP contribution in [0.4, 0.5) is 4.79 Å². The number of ether oxygens (including phenoxy) is 1. The number of methoxy groups -OCH3 is 1. The van der Waals surface area contributed by atoms with Crippen LogP contribution in [0.2, 0.25) is 0 Å². The number of rotatable bonds is 6. The largest absolute Gasteiger partial charge is 0.497 e. The Hall–Kier alpha value is -3.60. The lowest BCUT2D eigenvalue weighted by Gasteiger charge is -2.08. The standard InChI is InChI=1S/C23H22N2O3/c1-28-21-12-10-17(11-13-21)14-15-24-23(27)25-22(26)20-9-5-8-19(16-20)18-6-3-2-4-7-18/h2-13,16H,14-15H2,1H3,(H2,24,25,26,27). The molecule has 2 N–H and O–H groups in total. The summed E-state index contributed by atoms with van der Waals surface area (Å²) in [5.41, 5.74) is 3.45. The minimum absolute atomic E-state index is 0.426. The molecule has 0 aliphatic rings. The van der Waals surface area contributed by atoms with Gasteiger partial charge in [0.2, 0.25) is 0 Å². The van der Waals surface area contributed by atoms with E-state index in [1.807, 2.05) is 60.7 Å². The second kappa shape index (κ2) is 9.37. The van der Waals surface area contributed by atoms with Crippen molar-refractivity contribution in [2.24, 2.45) is 0 Å². The average molecular weight is 374 g/mol. The summed E-state index contributed by atoms with van der Waals surface area (Å²) >= 11 is 0. The minimum Gasteiger partial charge on any atom is -0.497 e. The van der Waals surface area contributed by atoms with Gasteiger partial charge >= 0.3 is 6.03 Å². The van der Waals surface area contributed by atoms with Crippen LogP contribution in [-0.2, 0) is 6.42 Å². The zero-order valence-corrected chi connectivity index (χ0v) is 15.6. The van der Waals surface area contributed by atoms with Crippen LogP contribution in [0.1, 0.15) is 15.9 Å². The van der Waals surface area contributed by atoms with Crippen LogP contribution in [0.5, 0.6) is 5.75 Å². The first kappa shape index (κ1) is 19.2. The average Bonchev–Trinajstić information content (AvgIpc) is 2.75. The fourth-order valence-electron chi connectivity index (χ4n) is 2.80. The Labute approximate surface area is 164 Å². The van der Waals surface area contributed by atoms with E-state index in [0.717, 1.165) is 22.4 Å². The Morgan fingerprint density at radius 3 is 2.29 bits per heavy atom. The van der Waals surface area contributed by atoms with E-state index in [1.165, 1.54) is 0 Å². The quantitative estimate of drug-likeness (QED) is 0.684. The molecule has 0 radical (unpaired) electrons. The van der Waals surface area contributed by atoms with Crippen LogP contribution in [0, 0.1) is 0 Å². The Morgan fingerprint density at radius 2 is 1.57 bits per heavy atom. The molecule has 3 rings (SSSR count). The molecular formula is C23H22N2O3. The summed E-state index contributed by atoms with van der Waals surface area (Å²) in [6.45, 7) is 0.426. The smallest absolute Gasteiger partial charge is 0.321 e. The van der Waals surface area contributed by atoms with E-state index in [1.54, 1.807) is 25.3 Å². The molecule has 142 valence electrons. The van der Waals surface area contributed by atoms with Crippen molar-refractivity contribution < 1.29 is 14.3 Å². The number of amides is 3. The molecule has 0 atom stereocenters. The molecule has 28 heavy (non-hydrogen) atoms. The lowest BCUT2D eigenvalue weighted by atomic mass is 10.0. The molecule has 5 nitrogen and oxygen atoms in total. The maximum atomic E-state index is 12.4. The molecule has 3 aromatic carbocycles. The third-order valence-electron chi connectivity index (χ3n) is 4.32. The van der Waals surface area contributed by atoms with Gasteiger partial charge in [0.25, 0.3) is 5.91 Å². The maximum Gasteiger partial charge on any atom is 0.321 e. The zero-order valence-electron chi connectivity index (χ0n) is 15.6. The van der Waals surface area contributed by atoms with Gasteiger partial charge in [0.05, 0.1) is 7.11 Å². The molecule has 5 heteroatoms. The lowest BCUT2D eigenvalue weighted by molar-refractivity contribution is 0.0964. The highest BCUT2D eigenvalue weighted by Gasteiger charge is 2.11. The van der Waals surface area contributed by atoms with Crippen LogP contribution in [-0.4, -0.2) is 25.6 Å². The van der Waals surface area contributed by atoms with E-state index >= 15 is 0 Å². The van der Waals surface area contributed by atoms with Gasteiger partial charge in [-0.3, -0.25) is 10.1 Å². The molecule has 0 fully saturated rings. The second-order valence-electron chi connectivity index (χ2n) is 6.25. The van der Waals surface area contributed by atoms with Crippen molar-refractivity contribution in [2.75, 3.05) is 13.7 Å². The topological polar surface area (TPSA) is 67.4 Å². The number of carbonyl (C=O) groups is 2. The third-order valence-corrected chi connectivity index (χ3v) is 4.32. The van der Waals surface area contributed by atoms with Crippen LogP contribution < -0.4 is 15.4 Å². The van der Waals surface area contributed by atoms with E-state index in [-0.39, 0.29) is 0 Å². The molecule has 0 heterocycles. The summed E-state index contributed by atoms with van der Waals surface area (Å²) < 4.78 is 5.12. The predicted octanol–water partition coefficient (Wildman–Crippen LogP) is 4.04. The first-order chi connectivity index (χ1) is 13.7. The maximum absolute atomic E-state index is 12.4. The van der Waals surface area contributed by atoms with Gasteiger partial charge in [0.1, 0.15) is 5.75 Å². The fourth-order valence-corrected chi connectivity index (χ4v) is 2.80. The second-order valence-corrected chi connectivity index (χ2v) is 6.25. The van der Waals surface area contributed by atoms with E-state index in [9.17, 15) is 9.59 Å².